The second-order valence-electron chi connectivity index (χ2n) is 5.53. The Balaban J connectivity index is 2.10. The number of rotatable bonds is 6. The Morgan fingerprint density at radius 1 is 0.783 bits per heavy atom. The SMILES string of the molecule is Cc1cc(C)n(S(=O)(=O)CCCS(=O)(=O)n2nc(C)cc2C)n1. The third-order valence-electron chi connectivity index (χ3n) is 3.27. The van der Waals surface area contributed by atoms with E-state index in [2.05, 4.69) is 10.2 Å². The van der Waals surface area contributed by atoms with Gasteiger partial charge in [-0.25, -0.2) is 16.8 Å². The van der Waals surface area contributed by atoms with Crippen LogP contribution in [0.2, 0.25) is 0 Å². The fourth-order valence-electron chi connectivity index (χ4n) is 2.38. The molecule has 2 heterocycles. The van der Waals surface area contributed by atoms with Gasteiger partial charge in [-0.15, -0.1) is 0 Å². The molecule has 0 saturated heterocycles. The standard InChI is InChI=1S/C13H20N4O4S2/c1-10-8-12(3)16(14-10)22(18,19)6-5-7-23(20,21)17-13(4)9-11(2)15-17/h8-9H,5-7H2,1-4H3. The summed E-state index contributed by atoms with van der Waals surface area (Å²) >= 11 is 0. The molecule has 2 rings (SSSR count). The largest absolute Gasteiger partial charge is 0.254 e. The van der Waals surface area contributed by atoms with Crippen molar-refractivity contribution in [3.63, 3.8) is 0 Å². The van der Waals surface area contributed by atoms with Crippen molar-refractivity contribution in [3.8, 4) is 0 Å². The van der Waals surface area contributed by atoms with Gasteiger partial charge in [-0.1, -0.05) is 0 Å². The van der Waals surface area contributed by atoms with E-state index in [9.17, 15) is 16.8 Å². The van der Waals surface area contributed by atoms with Crippen LogP contribution in [-0.4, -0.2) is 46.7 Å². The lowest BCUT2D eigenvalue weighted by molar-refractivity contribution is 0.571. The van der Waals surface area contributed by atoms with E-state index in [0.29, 0.717) is 22.8 Å². The first kappa shape index (κ1) is 17.7. The van der Waals surface area contributed by atoms with E-state index < -0.39 is 20.0 Å². The molecule has 23 heavy (non-hydrogen) atoms. The zero-order chi connectivity index (χ0) is 17.4. The molecule has 0 bridgehead atoms. The van der Waals surface area contributed by atoms with E-state index in [-0.39, 0.29) is 17.9 Å². The molecule has 0 aliphatic carbocycles. The van der Waals surface area contributed by atoms with Crippen molar-refractivity contribution < 1.29 is 16.8 Å². The Morgan fingerprint density at radius 3 is 1.39 bits per heavy atom. The molecule has 2 aromatic rings. The van der Waals surface area contributed by atoms with Crippen LogP contribution in [0.15, 0.2) is 12.1 Å². The molecule has 0 aliphatic heterocycles. The number of hydrogen-bond acceptors (Lipinski definition) is 6. The van der Waals surface area contributed by atoms with Crippen molar-refractivity contribution in [2.24, 2.45) is 0 Å². The van der Waals surface area contributed by atoms with Crippen LogP contribution in [0.1, 0.15) is 29.2 Å². The number of hydrogen-bond donors (Lipinski definition) is 0. The third-order valence-corrected chi connectivity index (χ3v) is 6.67. The molecule has 0 fully saturated rings. The second-order valence-corrected chi connectivity index (χ2v) is 9.36. The normalized spacial score (nSPS) is 12.7. The highest BCUT2D eigenvalue weighted by molar-refractivity contribution is 7.90. The van der Waals surface area contributed by atoms with Crippen LogP contribution in [0.3, 0.4) is 0 Å². The summed E-state index contributed by atoms with van der Waals surface area (Å²) in [6, 6.07) is 3.31. The first-order valence-corrected chi connectivity index (χ1v) is 10.3. The van der Waals surface area contributed by atoms with Crippen molar-refractivity contribution in [3.05, 3.63) is 34.9 Å². The van der Waals surface area contributed by atoms with Crippen molar-refractivity contribution in [1.29, 1.82) is 0 Å². The van der Waals surface area contributed by atoms with E-state index in [0.717, 1.165) is 8.17 Å². The van der Waals surface area contributed by atoms with Gasteiger partial charge in [0.05, 0.1) is 34.3 Å². The summed E-state index contributed by atoms with van der Waals surface area (Å²) in [4.78, 5) is 0. The summed E-state index contributed by atoms with van der Waals surface area (Å²) in [5.41, 5.74) is 2.20. The molecule has 10 heteroatoms. The monoisotopic (exact) mass is 360 g/mol. The highest BCUT2D eigenvalue weighted by Crippen LogP contribution is 2.10. The molecule has 0 unspecified atom stereocenters. The Kier molecular flexibility index (Phi) is 4.67. The molecular weight excluding hydrogens is 340 g/mol. The van der Waals surface area contributed by atoms with Crippen molar-refractivity contribution in [2.45, 2.75) is 34.1 Å². The van der Waals surface area contributed by atoms with E-state index >= 15 is 0 Å². The first-order valence-electron chi connectivity index (χ1n) is 7.06. The Hall–Kier alpha value is -1.68. The summed E-state index contributed by atoms with van der Waals surface area (Å²) in [6.07, 6.45) is -0.0264. The molecule has 8 nitrogen and oxygen atoms in total. The van der Waals surface area contributed by atoms with Crippen LogP contribution in [0.25, 0.3) is 0 Å². The molecule has 0 aliphatic rings. The maximum absolute atomic E-state index is 12.2. The molecular formula is C13H20N4O4S2. The molecule has 0 radical (unpaired) electrons. The minimum Gasteiger partial charge on any atom is -0.205 e. The summed E-state index contributed by atoms with van der Waals surface area (Å²) in [6.45, 7) is 6.69. The molecule has 2 aromatic heterocycles. The summed E-state index contributed by atoms with van der Waals surface area (Å²) in [5, 5.41) is 7.87. The fourth-order valence-corrected chi connectivity index (χ4v) is 5.41. The molecule has 0 spiro atoms. The van der Waals surface area contributed by atoms with Crippen LogP contribution in [-0.2, 0) is 20.0 Å². The van der Waals surface area contributed by atoms with Gasteiger partial charge in [-0.3, -0.25) is 0 Å². The predicted octanol–water partition coefficient (Wildman–Crippen LogP) is 0.759. The van der Waals surface area contributed by atoms with Crippen molar-refractivity contribution in [2.75, 3.05) is 11.5 Å². The first-order chi connectivity index (χ1) is 10.5. The van der Waals surface area contributed by atoms with Gasteiger partial charge >= 0.3 is 0 Å². The van der Waals surface area contributed by atoms with Gasteiger partial charge in [-0.05, 0) is 46.2 Å². The van der Waals surface area contributed by atoms with E-state index in [1.807, 2.05) is 0 Å². The number of aryl methyl sites for hydroxylation is 4. The molecule has 0 saturated carbocycles. The Labute approximate surface area is 136 Å². The van der Waals surface area contributed by atoms with Crippen molar-refractivity contribution in [1.82, 2.24) is 18.4 Å². The number of aromatic nitrogens is 4. The highest BCUT2D eigenvalue weighted by Gasteiger charge is 2.21. The highest BCUT2D eigenvalue weighted by atomic mass is 32.2. The van der Waals surface area contributed by atoms with E-state index in [1.165, 1.54) is 0 Å². The molecule has 0 aromatic carbocycles. The van der Waals surface area contributed by atoms with Gasteiger partial charge in [0, 0.05) is 0 Å². The van der Waals surface area contributed by atoms with Crippen LogP contribution in [0, 0.1) is 27.7 Å². The second kappa shape index (κ2) is 6.08. The van der Waals surface area contributed by atoms with Crippen LogP contribution < -0.4 is 0 Å². The zero-order valence-corrected chi connectivity index (χ0v) is 15.1. The summed E-state index contributed by atoms with van der Waals surface area (Å²) in [7, 11) is -7.34. The van der Waals surface area contributed by atoms with Crippen LogP contribution >= 0.6 is 0 Å². The van der Waals surface area contributed by atoms with E-state index in [4.69, 9.17) is 0 Å². The van der Waals surface area contributed by atoms with Gasteiger partial charge in [0.15, 0.2) is 0 Å². The zero-order valence-electron chi connectivity index (χ0n) is 13.5. The minimum absolute atomic E-state index is 0.0264. The van der Waals surface area contributed by atoms with Crippen molar-refractivity contribution >= 4 is 20.0 Å². The Morgan fingerprint density at radius 2 is 1.13 bits per heavy atom. The number of nitrogens with zero attached hydrogens (tertiary/aromatic N) is 4. The molecule has 0 amide bonds. The smallest absolute Gasteiger partial charge is 0.205 e. The van der Waals surface area contributed by atoms with Gasteiger partial charge in [0.1, 0.15) is 0 Å². The average Bonchev–Trinajstić information content (AvgIpc) is 2.91. The maximum Gasteiger partial charge on any atom is 0.254 e. The minimum atomic E-state index is -3.67. The molecule has 0 atom stereocenters. The summed E-state index contributed by atoms with van der Waals surface area (Å²) < 4.78 is 50.9. The predicted molar refractivity (Wildman–Crippen MR) is 86.4 cm³/mol. The van der Waals surface area contributed by atoms with Gasteiger partial charge in [0.25, 0.3) is 20.0 Å². The molecule has 128 valence electrons. The lowest BCUT2D eigenvalue weighted by atomic mass is 10.4. The topological polar surface area (TPSA) is 104 Å². The fraction of sp³-hybridized carbons (Fsp3) is 0.538. The van der Waals surface area contributed by atoms with Gasteiger partial charge < -0.3 is 0 Å². The van der Waals surface area contributed by atoms with E-state index in [1.54, 1.807) is 39.8 Å². The van der Waals surface area contributed by atoms with Crippen LogP contribution in [0.5, 0.6) is 0 Å². The lowest BCUT2D eigenvalue weighted by Gasteiger charge is -2.08. The van der Waals surface area contributed by atoms with Gasteiger partial charge in [-0.2, -0.15) is 18.4 Å². The Bertz CT molecular complexity index is 847. The van der Waals surface area contributed by atoms with Gasteiger partial charge in [0.2, 0.25) is 0 Å². The third kappa shape index (κ3) is 3.81. The summed E-state index contributed by atoms with van der Waals surface area (Å²) in [5.74, 6) is -0.596. The maximum atomic E-state index is 12.2. The van der Waals surface area contributed by atoms with Crippen LogP contribution in [0.4, 0.5) is 0 Å². The molecule has 0 N–H and O–H groups in total. The quantitative estimate of drug-likeness (QED) is 0.753. The lowest BCUT2D eigenvalue weighted by Crippen LogP contribution is -2.24. The average molecular weight is 360 g/mol.